The van der Waals surface area contributed by atoms with Crippen LogP contribution in [0.15, 0.2) is 73.1 Å². The van der Waals surface area contributed by atoms with E-state index >= 15 is 0 Å². The van der Waals surface area contributed by atoms with E-state index in [9.17, 15) is 4.79 Å². The Morgan fingerprint density at radius 2 is 1.61 bits per heavy atom. The van der Waals surface area contributed by atoms with Gasteiger partial charge in [-0.15, -0.1) is 0 Å². The van der Waals surface area contributed by atoms with E-state index in [0.29, 0.717) is 5.28 Å². The topological polar surface area (TPSA) is 46.9 Å². The molecule has 23 heavy (non-hydrogen) atoms. The fraction of sp³-hybridized carbons (Fsp3) is 0.111. The molecule has 0 bridgehead atoms. The molecular formula is C18H16ClN3O. The summed E-state index contributed by atoms with van der Waals surface area (Å²) in [6, 6.07) is 19.6. The maximum atomic E-state index is 12.4. The molecule has 3 rings (SSSR count). The summed E-state index contributed by atoms with van der Waals surface area (Å²) in [4.78, 5) is 16.3. The highest BCUT2D eigenvalue weighted by molar-refractivity contribution is 6.28. The van der Waals surface area contributed by atoms with Crippen LogP contribution in [0.2, 0.25) is 5.28 Å². The highest BCUT2D eigenvalue weighted by Crippen LogP contribution is 2.21. The fourth-order valence-corrected chi connectivity index (χ4v) is 2.61. The van der Waals surface area contributed by atoms with E-state index in [1.165, 1.54) is 0 Å². The number of carbonyl (C=O) groups is 1. The largest absolute Gasteiger partial charge is 0.344 e. The second kappa shape index (κ2) is 7.11. The van der Waals surface area contributed by atoms with Crippen molar-refractivity contribution < 1.29 is 4.79 Å². The summed E-state index contributed by atoms with van der Waals surface area (Å²) in [6.45, 7) is 0.134. The zero-order chi connectivity index (χ0) is 16.1. The molecule has 1 aromatic heterocycles. The van der Waals surface area contributed by atoms with Crippen molar-refractivity contribution in [3.63, 3.8) is 0 Å². The lowest BCUT2D eigenvalue weighted by molar-refractivity contribution is -0.122. The average molecular weight is 326 g/mol. The van der Waals surface area contributed by atoms with Crippen LogP contribution in [0.5, 0.6) is 0 Å². The summed E-state index contributed by atoms with van der Waals surface area (Å²) in [7, 11) is 0. The van der Waals surface area contributed by atoms with Gasteiger partial charge in [0.1, 0.15) is 6.54 Å². The summed E-state index contributed by atoms with van der Waals surface area (Å²) >= 11 is 5.93. The van der Waals surface area contributed by atoms with Gasteiger partial charge in [-0.1, -0.05) is 60.7 Å². The summed E-state index contributed by atoms with van der Waals surface area (Å²) in [5.74, 6) is -0.123. The van der Waals surface area contributed by atoms with Gasteiger partial charge in [-0.2, -0.15) is 0 Å². The summed E-state index contributed by atoms with van der Waals surface area (Å²) in [6.07, 6.45) is 3.25. The van der Waals surface area contributed by atoms with Crippen molar-refractivity contribution in [2.75, 3.05) is 0 Å². The number of hydrogen-bond acceptors (Lipinski definition) is 2. The summed E-state index contributed by atoms with van der Waals surface area (Å²) in [5, 5.41) is 3.37. The van der Waals surface area contributed by atoms with Gasteiger partial charge in [0, 0.05) is 12.4 Å². The second-order valence-corrected chi connectivity index (χ2v) is 5.48. The quantitative estimate of drug-likeness (QED) is 0.781. The molecule has 0 aliphatic rings. The van der Waals surface area contributed by atoms with Crippen molar-refractivity contribution in [3.8, 4) is 0 Å². The molecule has 0 aliphatic carbocycles. The predicted molar refractivity (Wildman–Crippen MR) is 90.1 cm³/mol. The van der Waals surface area contributed by atoms with Gasteiger partial charge in [-0.25, -0.2) is 4.98 Å². The van der Waals surface area contributed by atoms with Crippen molar-refractivity contribution >= 4 is 17.5 Å². The predicted octanol–water partition coefficient (Wildman–Crippen LogP) is 3.44. The lowest BCUT2D eigenvalue weighted by Crippen LogP contribution is -2.32. The fourth-order valence-electron chi connectivity index (χ4n) is 2.44. The number of hydrogen-bond donors (Lipinski definition) is 1. The molecule has 1 heterocycles. The maximum Gasteiger partial charge on any atom is 0.240 e. The van der Waals surface area contributed by atoms with Crippen molar-refractivity contribution in [3.05, 3.63) is 89.5 Å². The third-order valence-electron chi connectivity index (χ3n) is 3.55. The van der Waals surface area contributed by atoms with Crippen molar-refractivity contribution in [1.29, 1.82) is 0 Å². The van der Waals surface area contributed by atoms with E-state index < -0.39 is 0 Å². The molecule has 0 atom stereocenters. The minimum atomic E-state index is -0.202. The van der Waals surface area contributed by atoms with Crippen LogP contribution in [0.25, 0.3) is 0 Å². The zero-order valence-corrected chi connectivity index (χ0v) is 13.1. The van der Waals surface area contributed by atoms with Crippen molar-refractivity contribution in [2.24, 2.45) is 0 Å². The van der Waals surface area contributed by atoms with E-state index in [2.05, 4.69) is 10.3 Å². The Balaban J connectivity index is 1.82. The first-order valence-electron chi connectivity index (χ1n) is 7.30. The molecule has 0 unspecified atom stereocenters. The number of benzene rings is 2. The Hall–Kier alpha value is -2.59. The van der Waals surface area contributed by atoms with E-state index in [1.54, 1.807) is 17.0 Å². The Bertz CT molecular complexity index is 732. The molecule has 1 N–H and O–H groups in total. The van der Waals surface area contributed by atoms with Crippen LogP contribution in [-0.2, 0) is 11.3 Å². The molecule has 0 fully saturated rings. The van der Waals surface area contributed by atoms with Gasteiger partial charge in [0.15, 0.2) is 0 Å². The Morgan fingerprint density at radius 3 is 2.09 bits per heavy atom. The Kier molecular flexibility index (Phi) is 4.74. The molecular weight excluding hydrogens is 310 g/mol. The third-order valence-corrected chi connectivity index (χ3v) is 3.86. The standard InChI is InChI=1S/C18H16ClN3O/c19-18-20-11-12-22(18)13-16(23)21-17(14-7-3-1-4-8-14)15-9-5-2-6-10-15/h1-12,17H,13H2,(H,21,23). The van der Waals surface area contributed by atoms with Crippen LogP contribution in [-0.4, -0.2) is 15.5 Å². The van der Waals surface area contributed by atoms with E-state index in [0.717, 1.165) is 11.1 Å². The molecule has 116 valence electrons. The van der Waals surface area contributed by atoms with Gasteiger partial charge in [0.2, 0.25) is 11.2 Å². The monoisotopic (exact) mass is 325 g/mol. The molecule has 3 aromatic rings. The van der Waals surface area contributed by atoms with Crippen LogP contribution >= 0.6 is 11.6 Å². The number of aromatic nitrogens is 2. The van der Waals surface area contributed by atoms with Gasteiger partial charge in [-0.05, 0) is 22.7 Å². The van der Waals surface area contributed by atoms with E-state index in [-0.39, 0.29) is 18.5 Å². The van der Waals surface area contributed by atoms with Crippen LogP contribution < -0.4 is 5.32 Å². The number of nitrogens with zero attached hydrogens (tertiary/aromatic N) is 2. The van der Waals surface area contributed by atoms with Gasteiger partial charge in [0.05, 0.1) is 6.04 Å². The molecule has 5 heteroatoms. The SMILES string of the molecule is O=C(Cn1ccnc1Cl)NC(c1ccccc1)c1ccccc1. The van der Waals surface area contributed by atoms with E-state index in [4.69, 9.17) is 11.6 Å². The number of imidazole rings is 1. The van der Waals surface area contributed by atoms with Crippen LogP contribution in [0.4, 0.5) is 0 Å². The molecule has 0 spiro atoms. The smallest absolute Gasteiger partial charge is 0.240 e. The summed E-state index contributed by atoms with van der Waals surface area (Å²) in [5.41, 5.74) is 2.06. The highest BCUT2D eigenvalue weighted by Gasteiger charge is 2.17. The van der Waals surface area contributed by atoms with Crippen LogP contribution in [0, 0.1) is 0 Å². The first-order chi connectivity index (χ1) is 11.2. The highest BCUT2D eigenvalue weighted by atomic mass is 35.5. The molecule has 0 saturated heterocycles. The van der Waals surface area contributed by atoms with Gasteiger partial charge < -0.3 is 9.88 Å². The first-order valence-corrected chi connectivity index (χ1v) is 7.68. The minimum absolute atomic E-state index is 0.123. The molecule has 0 aliphatic heterocycles. The molecule has 0 saturated carbocycles. The van der Waals surface area contributed by atoms with Crippen LogP contribution in [0.3, 0.4) is 0 Å². The average Bonchev–Trinajstić information content (AvgIpc) is 2.99. The van der Waals surface area contributed by atoms with Crippen molar-refractivity contribution in [2.45, 2.75) is 12.6 Å². The maximum absolute atomic E-state index is 12.4. The second-order valence-electron chi connectivity index (χ2n) is 5.15. The number of amides is 1. The number of carbonyl (C=O) groups excluding carboxylic acids is 1. The molecule has 4 nitrogen and oxygen atoms in total. The van der Waals surface area contributed by atoms with Gasteiger partial charge in [-0.3, -0.25) is 4.79 Å². The molecule has 0 radical (unpaired) electrons. The van der Waals surface area contributed by atoms with Gasteiger partial charge in [0.25, 0.3) is 0 Å². The minimum Gasteiger partial charge on any atom is -0.344 e. The molecule has 1 amide bonds. The van der Waals surface area contributed by atoms with Crippen LogP contribution in [0.1, 0.15) is 17.2 Å². The lowest BCUT2D eigenvalue weighted by atomic mass is 9.99. The first kappa shape index (κ1) is 15.3. The number of nitrogens with one attached hydrogen (secondary N) is 1. The van der Waals surface area contributed by atoms with Crippen molar-refractivity contribution in [1.82, 2.24) is 14.9 Å². The van der Waals surface area contributed by atoms with E-state index in [1.807, 2.05) is 60.7 Å². The Morgan fingerprint density at radius 1 is 1.04 bits per heavy atom. The van der Waals surface area contributed by atoms with Gasteiger partial charge >= 0.3 is 0 Å². The molecule has 2 aromatic carbocycles. The lowest BCUT2D eigenvalue weighted by Gasteiger charge is -2.20. The zero-order valence-electron chi connectivity index (χ0n) is 12.4. The number of rotatable bonds is 5. The third kappa shape index (κ3) is 3.79. The number of halogens is 1. The Labute approximate surface area is 139 Å². The summed E-state index contributed by atoms with van der Waals surface area (Å²) < 4.78 is 1.60. The normalized spacial score (nSPS) is 10.7.